The highest BCUT2D eigenvalue weighted by atomic mass is 79.9. The second-order valence-electron chi connectivity index (χ2n) is 2.85. The molecule has 6 heteroatoms. The van der Waals surface area contributed by atoms with Gasteiger partial charge in [0.2, 0.25) is 0 Å². The van der Waals surface area contributed by atoms with Gasteiger partial charge in [-0.3, -0.25) is 4.57 Å². The quantitative estimate of drug-likeness (QED) is 0.921. The van der Waals surface area contributed by atoms with Crippen LogP contribution >= 0.6 is 27.5 Å². The highest BCUT2D eigenvalue weighted by Crippen LogP contribution is 2.29. The van der Waals surface area contributed by atoms with Crippen LogP contribution in [0.4, 0.5) is 0 Å². The van der Waals surface area contributed by atoms with Gasteiger partial charge < -0.3 is 5.11 Å². The highest BCUT2D eigenvalue weighted by molar-refractivity contribution is 9.10. The summed E-state index contributed by atoms with van der Waals surface area (Å²) in [7, 11) is 0. The molecule has 0 spiro atoms. The summed E-state index contributed by atoms with van der Waals surface area (Å²) in [5.74, 6) is 0.470. The van der Waals surface area contributed by atoms with Crippen LogP contribution in [0.3, 0.4) is 0 Å². The van der Waals surface area contributed by atoms with Gasteiger partial charge in [0.1, 0.15) is 12.9 Å². The van der Waals surface area contributed by atoms with E-state index in [0.717, 1.165) is 10.2 Å². The Kier molecular flexibility index (Phi) is 3.04. The third kappa shape index (κ3) is 1.90. The summed E-state index contributed by atoms with van der Waals surface area (Å²) in [5, 5.41) is 17.2. The number of rotatable bonds is 2. The first-order valence-corrected chi connectivity index (χ1v) is 5.35. The van der Waals surface area contributed by atoms with Crippen LogP contribution in [0, 0.1) is 0 Å². The topological polar surface area (TPSA) is 50.9 Å². The molecule has 1 aromatic heterocycles. The Hall–Kier alpha value is -0.910. The van der Waals surface area contributed by atoms with Crippen LogP contribution in [-0.2, 0) is 6.61 Å². The van der Waals surface area contributed by atoms with Crippen LogP contribution in [0.25, 0.3) is 5.69 Å². The Morgan fingerprint density at radius 1 is 1.47 bits per heavy atom. The van der Waals surface area contributed by atoms with Crippen molar-refractivity contribution in [1.29, 1.82) is 0 Å². The van der Waals surface area contributed by atoms with Crippen molar-refractivity contribution in [3.05, 3.63) is 39.8 Å². The van der Waals surface area contributed by atoms with Gasteiger partial charge in [-0.1, -0.05) is 17.7 Å². The molecule has 15 heavy (non-hydrogen) atoms. The fourth-order valence-electron chi connectivity index (χ4n) is 1.25. The molecule has 0 aliphatic carbocycles. The molecule has 0 saturated heterocycles. The molecule has 0 atom stereocenters. The first kappa shape index (κ1) is 10.6. The number of aromatic nitrogens is 3. The zero-order chi connectivity index (χ0) is 10.8. The monoisotopic (exact) mass is 287 g/mol. The lowest BCUT2D eigenvalue weighted by Gasteiger charge is -2.07. The fraction of sp³-hybridized carbons (Fsp3) is 0.111. The van der Waals surface area contributed by atoms with Gasteiger partial charge in [0, 0.05) is 0 Å². The van der Waals surface area contributed by atoms with Crippen molar-refractivity contribution in [3.63, 3.8) is 0 Å². The number of halogens is 2. The largest absolute Gasteiger partial charge is 0.388 e. The molecular weight excluding hydrogens is 281 g/mol. The van der Waals surface area contributed by atoms with Crippen LogP contribution < -0.4 is 0 Å². The summed E-state index contributed by atoms with van der Waals surface area (Å²) in [6.07, 6.45) is 1.53. The lowest BCUT2D eigenvalue weighted by molar-refractivity contribution is 0.269. The lowest BCUT2D eigenvalue weighted by atomic mass is 10.3. The predicted molar refractivity (Wildman–Crippen MR) is 60.0 cm³/mol. The summed E-state index contributed by atoms with van der Waals surface area (Å²) in [6, 6.07) is 5.46. The van der Waals surface area contributed by atoms with Crippen LogP contribution in [0.1, 0.15) is 5.82 Å². The molecule has 0 aliphatic heterocycles. The van der Waals surface area contributed by atoms with Gasteiger partial charge in [-0.25, -0.2) is 0 Å². The summed E-state index contributed by atoms with van der Waals surface area (Å²) >= 11 is 9.34. The molecule has 2 aromatic rings. The zero-order valence-electron chi connectivity index (χ0n) is 7.56. The van der Waals surface area contributed by atoms with Gasteiger partial charge in [0.25, 0.3) is 0 Å². The molecule has 4 nitrogen and oxygen atoms in total. The van der Waals surface area contributed by atoms with Gasteiger partial charge in [-0.15, -0.1) is 10.2 Å². The molecule has 0 aliphatic rings. The summed E-state index contributed by atoms with van der Waals surface area (Å²) < 4.78 is 2.43. The third-order valence-corrected chi connectivity index (χ3v) is 3.33. The number of hydrogen-bond acceptors (Lipinski definition) is 3. The van der Waals surface area contributed by atoms with Gasteiger partial charge in [-0.05, 0) is 28.1 Å². The highest BCUT2D eigenvalue weighted by Gasteiger charge is 2.09. The van der Waals surface area contributed by atoms with E-state index >= 15 is 0 Å². The molecule has 2 rings (SSSR count). The maximum atomic E-state index is 9.06. The van der Waals surface area contributed by atoms with Gasteiger partial charge in [0.05, 0.1) is 15.2 Å². The van der Waals surface area contributed by atoms with E-state index in [1.807, 2.05) is 12.1 Å². The van der Waals surface area contributed by atoms with E-state index in [-0.39, 0.29) is 6.61 Å². The van der Waals surface area contributed by atoms with Crippen LogP contribution in [0.15, 0.2) is 29.0 Å². The summed E-state index contributed by atoms with van der Waals surface area (Å²) in [6.45, 7) is -0.168. The van der Waals surface area contributed by atoms with Crippen LogP contribution in [-0.4, -0.2) is 19.9 Å². The van der Waals surface area contributed by atoms with E-state index in [4.69, 9.17) is 16.7 Å². The number of aliphatic hydroxyl groups is 1. The van der Waals surface area contributed by atoms with E-state index in [1.54, 1.807) is 10.6 Å². The molecule has 0 radical (unpaired) electrons. The number of benzene rings is 1. The normalized spacial score (nSPS) is 10.6. The molecule has 0 fully saturated rings. The Labute approximate surface area is 99.6 Å². The molecular formula is C9H7BrClN3O. The van der Waals surface area contributed by atoms with Crippen molar-refractivity contribution in [1.82, 2.24) is 14.8 Å². The van der Waals surface area contributed by atoms with E-state index < -0.39 is 0 Å². The van der Waals surface area contributed by atoms with Gasteiger partial charge in [0.15, 0.2) is 5.82 Å². The predicted octanol–water partition coefficient (Wildman–Crippen LogP) is 2.18. The fourth-order valence-corrected chi connectivity index (χ4v) is 1.87. The number of nitrogens with zero attached hydrogens (tertiary/aromatic N) is 3. The average molecular weight is 289 g/mol. The van der Waals surface area contributed by atoms with E-state index in [9.17, 15) is 0 Å². The number of aliphatic hydroxyl groups excluding tert-OH is 1. The minimum absolute atomic E-state index is 0.168. The molecule has 1 heterocycles. The minimum atomic E-state index is -0.168. The van der Waals surface area contributed by atoms with E-state index in [1.165, 1.54) is 6.33 Å². The number of hydrogen-bond donors (Lipinski definition) is 1. The Morgan fingerprint density at radius 2 is 2.27 bits per heavy atom. The van der Waals surface area contributed by atoms with Gasteiger partial charge in [-0.2, -0.15) is 0 Å². The van der Waals surface area contributed by atoms with Crippen molar-refractivity contribution in [3.8, 4) is 5.69 Å². The smallest absolute Gasteiger partial charge is 0.163 e. The molecule has 0 saturated carbocycles. The van der Waals surface area contributed by atoms with Gasteiger partial charge >= 0.3 is 0 Å². The van der Waals surface area contributed by atoms with Crippen molar-refractivity contribution < 1.29 is 5.11 Å². The first-order valence-electron chi connectivity index (χ1n) is 4.18. The first-order chi connectivity index (χ1) is 7.24. The minimum Gasteiger partial charge on any atom is -0.388 e. The SMILES string of the molecule is OCc1nncn1-c1cccc(Cl)c1Br. The van der Waals surface area contributed by atoms with Crippen molar-refractivity contribution >= 4 is 27.5 Å². The molecule has 1 N–H and O–H groups in total. The summed E-state index contributed by atoms with van der Waals surface area (Å²) in [5.41, 5.74) is 0.802. The zero-order valence-corrected chi connectivity index (χ0v) is 9.90. The van der Waals surface area contributed by atoms with Crippen molar-refractivity contribution in [2.24, 2.45) is 0 Å². The molecule has 0 bridgehead atoms. The van der Waals surface area contributed by atoms with E-state index in [2.05, 4.69) is 26.1 Å². The van der Waals surface area contributed by atoms with E-state index in [0.29, 0.717) is 10.8 Å². The van der Waals surface area contributed by atoms with Crippen LogP contribution in [0.2, 0.25) is 5.02 Å². The standard InChI is InChI=1S/C9H7BrClN3O/c10-9-6(11)2-1-3-7(9)14-5-12-13-8(14)4-15/h1-3,5,15H,4H2. The molecule has 1 aromatic carbocycles. The third-order valence-electron chi connectivity index (χ3n) is 1.95. The molecule has 78 valence electrons. The Bertz CT molecular complexity index is 486. The second-order valence-corrected chi connectivity index (χ2v) is 4.05. The maximum Gasteiger partial charge on any atom is 0.163 e. The molecule has 0 amide bonds. The van der Waals surface area contributed by atoms with Crippen molar-refractivity contribution in [2.75, 3.05) is 0 Å². The lowest BCUT2D eigenvalue weighted by Crippen LogP contribution is -2.00. The Morgan fingerprint density at radius 3 is 3.00 bits per heavy atom. The maximum absolute atomic E-state index is 9.06. The summed E-state index contributed by atoms with van der Waals surface area (Å²) in [4.78, 5) is 0. The van der Waals surface area contributed by atoms with Crippen molar-refractivity contribution in [2.45, 2.75) is 6.61 Å². The average Bonchev–Trinajstić information content (AvgIpc) is 2.70. The molecule has 0 unspecified atom stereocenters. The second kappa shape index (κ2) is 4.30. The Balaban J connectivity index is 2.59. The van der Waals surface area contributed by atoms with Crippen LogP contribution in [0.5, 0.6) is 0 Å².